The maximum Gasteiger partial charge on any atom is 0.305 e. The van der Waals surface area contributed by atoms with Crippen molar-refractivity contribution in [1.82, 2.24) is 5.32 Å². The number of hydrogen-bond donors (Lipinski definition) is 1. The van der Waals surface area contributed by atoms with Crippen molar-refractivity contribution in [1.29, 1.82) is 0 Å². The topological polar surface area (TPSA) is 47.6 Å². The van der Waals surface area contributed by atoms with E-state index in [1.165, 1.54) is 70.6 Å². The third-order valence-electron chi connectivity index (χ3n) is 4.47. The molecule has 0 spiro atoms. The molecule has 0 aliphatic rings. The highest BCUT2D eigenvalue weighted by Gasteiger charge is 2.02. The molecule has 1 N–H and O–H groups in total. The molecule has 0 aromatic heterocycles. The largest absolute Gasteiger partial charge is 0.463 e. The van der Waals surface area contributed by atoms with Crippen LogP contribution in [0.4, 0.5) is 0 Å². The fourth-order valence-electron chi connectivity index (χ4n) is 2.85. The van der Waals surface area contributed by atoms with Crippen molar-refractivity contribution in [2.24, 2.45) is 0 Å². The highest BCUT2D eigenvalue weighted by molar-refractivity contribution is 5.69. The van der Waals surface area contributed by atoms with Crippen molar-refractivity contribution in [3.05, 3.63) is 0 Å². The molecule has 0 aromatic carbocycles. The Labute approximate surface area is 156 Å². The van der Waals surface area contributed by atoms with Gasteiger partial charge in [0, 0.05) is 13.0 Å². The molecule has 0 amide bonds. The van der Waals surface area contributed by atoms with Gasteiger partial charge in [0.1, 0.15) is 6.61 Å². The van der Waals surface area contributed by atoms with Gasteiger partial charge in [-0.2, -0.15) is 0 Å². The summed E-state index contributed by atoms with van der Waals surface area (Å²) in [4.78, 5) is 11.5. The summed E-state index contributed by atoms with van der Waals surface area (Å²) in [6, 6.07) is 0. The van der Waals surface area contributed by atoms with Gasteiger partial charge in [0.05, 0.1) is 13.2 Å². The van der Waals surface area contributed by atoms with E-state index in [2.05, 4.69) is 12.2 Å². The average Bonchev–Trinajstić information content (AvgIpc) is 2.62. The maximum absolute atomic E-state index is 11.5. The quantitative estimate of drug-likeness (QED) is 0.239. The second kappa shape index (κ2) is 21.4. The second-order valence-corrected chi connectivity index (χ2v) is 6.93. The van der Waals surface area contributed by atoms with Crippen LogP contribution in [0.25, 0.3) is 0 Å². The third kappa shape index (κ3) is 21.3. The van der Waals surface area contributed by atoms with Crippen LogP contribution in [0.2, 0.25) is 0 Å². The molecule has 0 radical (unpaired) electrons. The van der Waals surface area contributed by atoms with Crippen LogP contribution in [0, 0.1) is 0 Å². The molecule has 150 valence electrons. The van der Waals surface area contributed by atoms with Gasteiger partial charge in [-0.1, -0.05) is 84.0 Å². The Kier molecular flexibility index (Phi) is 20.9. The molecule has 0 heterocycles. The number of hydrogen-bond acceptors (Lipinski definition) is 4. The van der Waals surface area contributed by atoms with Gasteiger partial charge in [-0.25, -0.2) is 0 Å². The summed E-state index contributed by atoms with van der Waals surface area (Å²) in [5.74, 6) is -0.0831. The number of likely N-dealkylation sites (N-methyl/N-ethyl adjacent to an activating group) is 1. The number of nitrogens with one attached hydrogen (secondary N) is 1. The molecule has 0 unspecified atom stereocenters. The number of carbonyl (C=O) groups is 1. The first kappa shape index (κ1) is 24.4. The van der Waals surface area contributed by atoms with Gasteiger partial charge >= 0.3 is 5.97 Å². The SMILES string of the molecule is CCCCCCCCCCCCCCCC(=O)OCCOCCNC. The molecular weight excluding hydrogens is 314 g/mol. The van der Waals surface area contributed by atoms with Crippen LogP contribution in [-0.4, -0.2) is 39.4 Å². The molecule has 0 aliphatic carbocycles. The Morgan fingerprint density at radius 3 is 1.76 bits per heavy atom. The molecule has 0 aromatic rings. The Morgan fingerprint density at radius 2 is 1.24 bits per heavy atom. The second-order valence-electron chi connectivity index (χ2n) is 6.93. The fraction of sp³-hybridized carbons (Fsp3) is 0.952. The lowest BCUT2D eigenvalue weighted by Gasteiger charge is -2.06. The van der Waals surface area contributed by atoms with Crippen LogP contribution in [0.3, 0.4) is 0 Å². The number of carbonyl (C=O) groups excluding carboxylic acids is 1. The molecule has 0 rings (SSSR count). The molecule has 0 saturated heterocycles. The summed E-state index contributed by atoms with van der Waals surface area (Å²) in [7, 11) is 1.89. The van der Waals surface area contributed by atoms with Crippen molar-refractivity contribution in [3.63, 3.8) is 0 Å². The highest BCUT2D eigenvalue weighted by Crippen LogP contribution is 2.13. The molecule has 0 saturated carbocycles. The van der Waals surface area contributed by atoms with Crippen molar-refractivity contribution in [2.45, 2.75) is 96.8 Å². The lowest BCUT2D eigenvalue weighted by atomic mass is 10.0. The molecular formula is C21H43NO3. The summed E-state index contributed by atoms with van der Waals surface area (Å²) in [6.07, 6.45) is 17.7. The highest BCUT2D eigenvalue weighted by atomic mass is 16.6. The Balaban J connectivity index is 3.11. The molecule has 0 atom stereocenters. The monoisotopic (exact) mass is 357 g/mol. The van der Waals surface area contributed by atoms with Crippen LogP contribution >= 0.6 is 0 Å². The average molecular weight is 358 g/mol. The molecule has 4 heteroatoms. The summed E-state index contributed by atoms with van der Waals surface area (Å²) in [5.41, 5.74) is 0. The molecule has 4 nitrogen and oxygen atoms in total. The van der Waals surface area contributed by atoms with E-state index in [4.69, 9.17) is 9.47 Å². The minimum atomic E-state index is -0.0831. The Hall–Kier alpha value is -0.610. The van der Waals surface area contributed by atoms with Crippen molar-refractivity contribution < 1.29 is 14.3 Å². The van der Waals surface area contributed by atoms with E-state index in [0.717, 1.165) is 19.4 Å². The van der Waals surface area contributed by atoms with Crippen molar-refractivity contribution >= 4 is 5.97 Å². The minimum Gasteiger partial charge on any atom is -0.463 e. The van der Waals surface area contributed by atoms with Gasteiger partial charge in [0.2, 0.25) is 0 Å². The maximum atomic E-state index is 11.5. The van der Waals surface area contributed by atoms with E-state index < -0.39 is 0 Å². The zero-order valence-electron chi connectivity index (χ0n) is 17.0. The smallest absolute Gasteiger partial charge is 0.305 e. The zero-order valence-corrected chi connectivity index (χ0v) is 17.0. The van der Waals surface area contributed by atoms with Crippen LogP contribution in [0.15, 0.2) is 0 Å². The summed E-state index contributed by atoms with van der Waals surface area (Å²) in [5, 5.41) is 3.00. The predicted octanol–water partition coefficient (Wildman–Crippen LogP) is 5.25. The minimum absolute atomic E-state index is 0.0831. The Bertz CT molecular complexity index is 272. The van der Waals surface area contributed by atoms with Gasteiger partial charge in [-0.3, -0.25) is 4.79 Å². The van der Waals surface area contributed by atoms with Crippen LogP contribution < -0.4 is 5.32 Å². The van der Waals surface area contributed by atoms with Gasteiger partial charge in [-0.15, -0.1) is 0 Å². The summed E-state index contributed by atoms with van der Waals surface area (Å²) in [6.45, 7) is 4.62. The summed E-state index contributed by atoms with van der Waals surface area (Å²) >= 11 is 0. The van der Waals surface area contributed by atoms with E-state index in [0.29, 0.717) is 26.2 Å². The van der Waals surface area contributed by atoms with Gasteiger partial charge in [0.25, 0.3) is 0 Å². The number of ether oxygens (including phenoxy) is 2. The van der Waals surface area contributed by atoms with Gasteiger partial charge < -0.3 is 14.8 Å². The standard InChI is InChI=1S/C21H43NO3/c1-3-4-5-6-7-8-9-10-11-12-13-14-15-16-21(23)25-20-19-24-18-17-22-2/h22H,3-20H2,1-2H3. The van der Waals surface area contributed by atoms with E-state index in [1.807, 2.05) is 7.05 Å². The van der Waals surface area contributed by atoms with E-state index in [-0.39, 0.29) is 5.97 Å². The van der Waals surface area contributed by atoms with Gasteiger partial charge in [0.15, 0.2) is 0 Å². The van der Waals surface area contributed by atoms with E-state index in [1.54, 1.807) is 0 Å². The lowest BCUT2D eigenvalue weighted by Crippen LogP contribution is -2.17. The van der Waals surface area contributed by atoms with Crippen molar-refractivity contribution in [3.8, 4) is 0 Å². The molecule has 0 bridgehead atoms. The normalized spacial score (nSPS) is 11.0. The van der Waals surface area contributed by atoms with Crippen LogP contribution in [0.5, 0.6) is 0 Å². The Morgan fingerprint density at radius 1 is 0.720 bits per heavy atom. The van der Waals surface area contributed by atoms with Crippen LogP contribution in [0.1, 0.15) is 96.8 Å². The molecule has 0 fully saturated rings. The summed E-state index contributed by atoms with van der Waals surface area (Å²) < 4.78 is 10.5. The first-order chi connectivity index (χ1) is 12.3. The number of esters is 1. The van der Waals surface area contributed by atoms with Crippen LogP contribution in [-0.2, 0) is 14.3 Å². The fourth-order valence-corrected chi connectivity index (χ4v) is 2.85. The van der Waals surface area contributed by atoms with E-state index >= 15 is 0 Å². The number of unbranched alkanes of at least 4 members (excludes halogenated alkanes) is 12. The first-order valence-electron chi connectivity index (χ1n) is 10.7. The third-order valence-corrected chi connectivity index (χ3v) is 4.47. The van der Waals surface area contributed by atoms with Crippen molar-refractivity contribution in [2.75, 3.05) is 33.4 Å². The molecule has 0 aliphatic heterocycles. The first-order valence-corrected chi connectivity index (χ1v) is 10.7. The van der Waals surface area contributed by atoms with E-state index in [9.17, 15) is 4.79 Å². The molecule has 25 heavy (non-hydrogen) atoms. The lowest BCUT2D eigenvalue weighted by molar-refractivity contribution is -0.145. The predicted molar refractivity (Wildman–Crippen MR) is 106 cm³/mol. The van der Waals surface area contributed by atoms with Gasteiger partial charge in [-0.05, 0) is 13.5 Å². The number of rotatable bonds is 20. The zero-order chi connectivity index (χ0) is 18.4.